The summed E-state index contributed by atoms with van der Waals surface area (Å²) < 4.78 is 5.77. The number of hydrogen-bond acceptors (Lipinski definition) is 4. The minimum absolute atomic E-state index is 0.0715. The molecule has 2 aliphatic carbocycles. The van der Waals surface area contributed by atoms with Crippen LogP contribution in [0, 0.1) is 5.41 Å². The number of nitrogens with one attached hydrogen (secondary N) is 1. The lowest BCUT2D eigenvalue weighted by atomic mass is 9.64. The lowest BCUT2D eigenvalue weighted by molar-refractivity contribution is -0.0510. The Morgan fingerprint density at radius 2 is 2.15 bits per heavy atom. The minimum Gasteiger partial charge on any atom is -0.440 e. The molecule has 2 N–H and O–H groups in total. The zero-order valence-electron chi connectivity index (χ0n) is 11.9. The van der Waals surface area contributed by atoms with Crippen LogP contribution >= 0.6 is 0 Å². The number of aromatic nitrogens is 1. The van der Waals surface area contributed by atoms with E-state index in [2.05, 4.69) is 24.1 Å². The second-order valence-corrected chi connectivity index (χ2v) is 6.78. The highest BCUT2D eigenvalue weighted by Gasteiger charge is 2.47. The first kappa shape index (κ1) is 12.2. The van der Waals surface area contributed by atoms with Crippen molar-refractivity contribution in [3.8, 4) is 0 Å². The smallest absolute Gasteiger partial charge is 0.198 e. The molecule has 2 aromatic rings. The van der Waals surface area contributed by atoms with E-state index in [-0.39, 0.29) is 11.5 Å². The maximum absolute atomic E-state index is 9.80. The molecule has 2 atom stereocenters. The summed E-state index contributed by atoms with van der Waals surface area (Å²) in [6.45, 7) is 4.19. The van der Waals surface area contributed by atoms with Crippen LogP contribution in [-0.4, -0.2) is 22.2 Å². The van der Waals surface area contributed by atoms with Crippen LogP contribution in [0.2, 0.25) is 0 Å². The van der Waals surface area contributed by atoms with Gasteiger partial charge in [0.1, 0.15) is 5.52 Å². The van der Waals surface area contributed by atoms with Crippen molar-refractivity contribution < 1.29 is 9.52 Å². The standard InChI is InChI=1S/C16H20N2O2/c1-16(2)13(8-14(16)19)17-10-5-6-12-11(7-10)18-15(20-12)9-3-4-9/h5-7,9,13-14,17,19H,3-4,8H2,1-2H3. The van der Waals surface area contributed by atoms with Crippen LogP contribution in [0.1, 0.15) is 44.9 Å². The molecule has 2 unspecified atom stereocenters. The maximum atomic E-state index is 9.80. The highest BCUT2D eigenvalue weighted by atomic mass is 16.3. The van der Waals surface area contributed by atoms with Crippen molar-refractivity contribution in [3.05, 3.63) is 24.1 Å². The number of aliphatic hydroxyl groups is 1. The van der Waals surface area contributed by atoms with Crippen LogP contribution in [0.4, 0.5) is 5.69 Å². The Labute approximate surface area is 118 Å². The van der Waals surface area contributed by atoms with E-state index in [4.69, 9.17) is 4.42 Å². The summed E-state index contributed by atoms with van der Waals surface area (Å²) in [6.07, 6.45) is 2.99. The molecule has 2 saturated carbocycles. The largest absolute Gasteiger partial charge is 0.440 e. The van der Waals surface area contributed by atoms with Crippen LogP contribution in [0.3, 0.4) is 0 Å². The van der Waals surface area contributed by atoms with Crippen molar-refractivity contribution in [3.63, 3.8) is 0 Å². The summed E-state index contributed by atoms with van der Waals surface area (Å²) >= 11 is 0. The lowest BCUT2D eigenvalue weighted by Crippen LogP contribution is -2.56. The van der Waals surface area contributed by atoms with E-state index in [0.29, 0.717) is 12.0 Å². The van der Waals surface area contributed by atoms with Gasteiger partial charge in [-0.15, -0.1) is 0 Å². The molecule has 0 radical (unpaired) electrons. The van der Waals surface area contributed by atoms with Crippen LogP contribution in [0.25, 0.3) is 11.1 Å². The zero-order chi connectivity index (χ0) is 13.9. The first-order valence-electron chi connectivity index (χ1n) is 7.39. The summed E-state index contributed by atoms with van der Waals surface area (Å²) in [5.41, 5.74) is 2.77. The Hall–Kier alpha value is -1.55. The molecule has 106 valence electrons. The van der Waals surface area contributed by atoms with Crippen LogP contribution in [-0.2, 0) is 0 Å². The van der Waals surface area contributed by atoms with Crippen molar-refractivity contribution >= 4 is 16.8 Å². The number of oxazole rings is 1. The van der Waals surface area contributed by atoms with Gasteiger partial charge in [0.25, 0.3) is 0 Å². The van der Waals surface area contributed by atoms with Crippen molar-refractivity contribution in [1.82, 2.24) is 4.98 Å². The van der Waals surface area contributed by atoms with E-state index in [9.17, 15) is 5.11 Å². The molecule has 1 heterocycles. The van der Waals surface area contributed by atoms with E-state index in [0.717, 1.165) is 29.1 Å². The number of hydrogen-bond donors (Lipinski definition) is 2. The normalized spacial score (nSPS) is 28.4. The van der Waals surface area contributed by atoms with Gasteiger partial charge in [-0.2, -0.15) is 0 Å². The average Bonchev–Trinajstić information content (AvgIpc) is 3.18. The van der Waals surface area contributed by atoms with Gasteiger partial charge in [0.15, 0.2) is 11.5 Å². The Morgan fingerprint density at radius 3 is 2.80 bits per heavy atom. The SMILES string of the molecule is CC1(C)C(O)CC1Nc1ccc2oc(C3CC3)nc2c1. The third-order valence-electron chi connectivity index (χ3n) is 4.89. The van der Waals surface area contributed by atoms with Gasteiger partial charge in [-0.3, -0.25) is 0 Å². The van der Waals surface area contributed by atoms with Gasteiger partial charge in [0.2, 0.25) is 0 Å². The molecule has 4 nitrogen and oxygen atoms in total. The molecule has 4 rings (SSSR count). The topological polar surface area (TPSA) is 58.3 Å². The first-order valence-corrected chi connectivity index (χ1v) is 7.39. The third-order valence-corrected chi connectivity index (χ3v) is 4.89. The first-order chi connectivity index (χ1) is 9.54. The summed E-state index contributed by atoms with van der Waals surface area (Å²) in [5.74, 6) is 1.43. The minimum atomic E-state index is -0.211. The lowest BCUT2D eigenvalue weighted by Gasteiger charge is -2.49. The Bertz CT molecular complexity index is 658. The molecule has 1 aromatic carbocycles. The van der Waals surface area contributed by atoms with Crippen molar-refractivity contribution in [2.24, 2.45) is 5.41 Å². The van der Waals surface area contributed by atoms with Gasteiger partial charge in [-0.05, 0) is 37.5 Å². The average molecular weight is 272 g/mol. The molecule has 0 saturated heterocycles. The fraction of sp³-hybridized carbons (Fsp3) is 0.562. The van der Waals surface area contributed by atoms with Crippen molar-refractivity contribution in [2.45, 2.75) is 51.2 Å². The molecule has 4 heteroatoms. The predicted octanol–water partition coefficient (Wildman–Crippen LogP) is 3.28. The zero-order valence-corrected chi connectivity index (χ0v) is 11.9. The van der Waals surface area contributed by atoms with Crippen LogP contribution in [0.15, 0.2) is 22.6 Å². The van der Waals surface area contributed by atoms with E-state index >= 15 is 0 Å². The van der Waals surface area contributed by atoms with Crippen molar-refractivity contribution in [2.75, 3.05) is 5.32 Å². The Balaban J connectivity index is 1.58. The van der Waals surface area contributed by atoms with Gasteiger partial charge in [-0.1, -0.05) is 13.8 Å². The number of aliphatic hydroxyl groups excluding tert-OH is 1. The summed E-state index contributed by atoms with van der Waals surface area (Å²) in [7, 11) is 0. The predicted molar refractivity (Wildman–Crippen MR) is 77.8 cm³/mol. The third kappa shape index (κ3) is 1.82. The van der Waals surface area contributed by atoms with Crippen LogP contribution < -0.4 is 5.32 Å². The quantitative estimate of drug-likeness (QED) is 0.900. The van der Waals surface area contributed by atoms with E-state index in [1.165, 1.54) is 12.8 Å². The van der Waals surface area contributed by atoms with Gasteiger partial charge in [-0.25, -0.2) is 4.98 Å². The Morgan fingerprint density at radius 1 is 1.35 bits per heavy atom. The number of rotatable bonds is 3. The molecule has 20 heavy (non-hydrogen) atoms. The summed E-state index contributed by atoms with van der Waals surface area (Å²) in [6, 6.07) is 6.37. The van der Waals surface area contributed by atoms with Crippen molar-refractivity contribution in [1.29, 1.82) is 0 Å². The fourth-order valence-corrected chi connectivity index (χ4v) is 2.89. The second kappa shape index (κ2) is 3.98. The second-order valence-electron chi connectivity index (χ2n) is 6.78. The van der Waals surface area contributed by atoms with E-state index in [1.54, 1.807) is 0 Å². The van der Waals surface area contributed by atoms with Gasteiger partial charge < -0.3 is 14.8 Å². The fourth-order valence-electron chi connectivity index (χ4n) is 2.89. The number of benzene rings is 1. The number of fused-ring (bicyclic) bond motifs is 1. The molecule has 0 amide bonds. The maximum Gasteiger partial charge on any atom is 0.198 e. The molecule has 0 spiro atoms. The monoisotopic (exact) mass is 272 g/mol. The summed E-state index contributed by atoms with van der Waals surface area (Å²) in [5, 5.41) is 13.3. The molecular formula is C16H20N2O2. The number of nitrogens with zero attached hydrogens (tertiary/aromatic N) is 1. The van der Waals surface area contributed by atoms with Gasteiger partial charge in [0.05, 0.1) is 6.10 Å². The van der Waals surface area contributed by atoms with Crippen LogP contribution in [0.5, 0.6) is 0 Å². The Kier molecular flexibility index (Phi) is 2.43. The molecule has 0 aliphatic heterocycles. The van der Waals surface area contributed by atoms with E-state index in [1.807, 2.05) is 18.2 Å². The molecule has 2 fully saturated rings. The number of anilines is 1. The summed E-state index contributed by atoms with van der Waals surface area (Å²) in [4.78, 5) is 4.58. The highest BCUT2D eigenvalue weighted by molar-refractivity contribution is 5.77. The highest BCUT2D eigenvalue weighted by Crippen LogP contribution is 2.43. The van der Waals surface area contributed by atoms with Gasteiger partial charge in [0, 0.05) is 23.1 Å². The molecule has 2 aliphatic rings. The molecule has 1 aromatic heterocycles. The molecular weight excluding hydrogens is 252 g/mol. The molecule has 0 bridgehead atoms. The van der Waals surface area contributed by atoms with Gasteiger partial charge >= 0.3 is 0 Å². The van der Waals surface area contributed by atoms with E-state index < -0.39 is 0 Å².